The van der Waals surface area contributed by atoms with E-state index < -0.39 is 6.04 Å². The molecule has 7 nitrogen and oxygen atoms in total. The molecule has 3 N–H and O–H groups in total. The summed E-state index contributed by atoms with van der Waals surface area (Å²) in [5.74, 6) is 1.23. The lowest BCUT2D eigenvalue weighted by Crippen LogP contribution is -2.39. The Morgan fingerprint density at radius 3 is 2.67 bits per heavy atom. The van der Waals surface area contributed by atoms with E-state index in [4.69, 9.17) is 19.9 Å². The van der Waals surface area contributed by atoms with Gasteiger partial charge in [0.25, 0.3) is 0 Å². The van der Waals surface area contributed by atoms with Crippen molar-refractivity contribution < 1.29 is 19.0 Å². The molecule has 0 bridgehead atoms. The second kappa shape index (κ2) is 8.28. The van der Waals surface area contributed by atoms with E-state index in [-0.39, 0.29) is 12.5 Å². The molecule has 0 spiro atoms. The van der Waals surface area contributed by atoms with Gasteiger partial charge < -0.3 is 25.3 Å². The van der Waals surface area contributed by atoms with Crippen LogP contribution in [0.4, 0.5) is 5.69 Å². The quantitative estimate of drug-likeness (QED) is 0.807. The minimum atomic E-state index is -0.734. The number of methoxy groups -OCH3 is 2. The Hall–Kier alpha value is -2.64. The number of aryl methyl sites for hydroxylation is 1. The average Bonchev–Trinajstić information content (AvgIpc) is 2.58. The first-order valence-electron chi connectivity index (χ1n) is 7.37. The topological polar surface area (TPSA) is 95.7 Å². The molecule has 0 fully saturated rings. The van der Waals surface area contributed by atoms with Gasteiger partial charge in [-0.25, -0.2) is 4.98 Å². The fraction of sp³-hybridized carbons (Fsp3) is 0.294. The van der Waals surface area contributed by atoms with Crippen molar-refractivity contribution in [2.75, 3.05) is 26.1 Å². The van der Waals surface area contributed by atoms with E-state index in [1.54, 1.807) is 19.2 Å². The van der Waals surface area contributed by atoms with Gasteiger partial charge in [0.05, 0.1) is 25.6 Å². The number of benzene rings is 1. The lowest BCUT2D eigenvalue weighted by Gasteiger charge is -2.12. The summed E-state index contributed by atoms with van der Waals surface area (Å²) < 4.78 is 15.8. The molecule has 0 aliphatic heterocycles. The largest absolute Gasteiger partial charge is 0.493 e. The molecule has 128 valence electrons. The smallest absolute Gasteiger partial charge is 0.243 e. The highest BCUT2D eigenvalue weighted by Crippen LogP contribution is 2.31. The SMILES string of the molecule is COCC(N)C(=O)Nc1ccc(Oc2ccc(C)cc2OC)nc1. The van der Waals surface area contributed by atoms with E-state index in [9.17, 15) is 4.79 Å². The fourth-order valence-electron chi connectivity index (χ4n) is 1.98. The molecule has 1 aromatic heterocycles. The summed E-state index contributed by atoms with van der Waals surface area (Å²) in [5.41, 5.74) is 7.25. The molecule has 0 radical (unpaired) electrons. The van der Waals surface area contributed by atoms with Gasteiger partial charge in [-0.1, -0.05) is 6.07 Å². The minimum Gasteiger partial charge on any atom is -0.493 e. The summed E-state index contributed by atoms with van der Waals surface area (Å²) in [5, 5.41) is 2.66. The van der Waals surface area contributed by atoms with E-state index in [0.29, 0.717) is 23.1 Å². The van der Waals surface area contributed by atoms with Gasteiger partial charge in [-0.3, -0.25) is 4.79 Å². The highest BCUT2D eigenvalue weighted by molar-refractivity contribution is 5.94. The van der Waals surface area contributed by atoms with Crippen molar-refractivity contribution in [1.29, 1.82) is 0 Å². The molecule has 0 aliphatic carbocycles. The van der Waals surface area contributed by atoms with Crippen LogP contribution in [0.2, 0.25) is 0 Å². The molecule has 0 saturated heterocycles. The first-order chi connectivity index (χ1) is 11.5. The summed E-state index contributed by atoms with van der Waals surface area (Å²) in [4.78, 5) is 16.0. The molecule has 1 aromatic carbocycles. The molecule has 2 aromatic rings. The molecule has 1 unspecified atom stereocenters. The number of aromatic nitrogens is 1. The van der Waals surface area contributed by atoms with Crippen molar-refractivity contribution in [1.82, 2.24) is 4.98 Å². The molecule has 7 heteroatoms. The maximum absolute atomic E-state index is 11.8. The van der Waals surface area contributed by atoms with Gasteiger partial charge in [-0.2, -0.15) is 0 Å². The first-order valence-corrected chi connectivity index (χ1v) is 7.37. The van der Waals surface area contributed by atoms with Crippen molar-refractivity contribution in [2.45, 2.75) is 13.0 Å². The molecular formula is C17H21N3O4. The number of nitrogens with zero attached hydrogens (tertiary/aromatic N) is 1. The second-order valence-corrected chi connectivity index (χ2v) is 5.19. The Morgan fingerprint density at radius 1 is 1.25 bits per heavy atom. The number of hydrogen-bond acceptors (Lipinski definition) is 6. The van der Waals surface area contributed by atoms with Crippen LogP contribution in [0.25, 0.3) is 0 Å². The third-order valence-corrected chi connectivity index (χ3v) is 3.22. The summed E-state index contributed by atoms with van der Waals surface area (Å²) in [6.45, 7) is 2.12. The van der Waals surface area contributed by atoms with Crippen LogP contribution in [-0.2, 0) is 9.53 Å². The molecule has 1 amide bonds. The van der Waals surface area contributed by atoms with Gasteiger partial charge in [-0.05, 0) is 30.7 Å². The van der Waals surface area contributed by atoms with Crippen LogP contribution in [0.1, 0.15) is 5.56 Å². The van der Waals surface area contributed by atoms with E-state index in [1.807, 2.05) is 25.1 Å². The number of nitrogens with one attached hydrogen (secondary N) is 1. The maximum Gasteiger partial charge on any atom is 0.243 e. The molecule has 2 rings (SSSR count). The van der Waals surface area contributed by atoms with E-state index in [2.05, 4.69) is 10.3 Å². The Labute approximate surface area is 140 Å². The number of carbonyl (C=O) groups is 1. The van der Waals surface area contributed by atoms with Gasteiger partial charge in [0.1, 0.15) is 6.04 Å². The third kappa shape index (κ3) is 4.68. The Morgan fingerprint density at radius 2 is 2.04 bits per heavy atom. The van der Waals surface area contributed by atoms with Gasteiger partial charge in [0.15, 0.2) is 11.5 Å². The van der Waals surface area contributed by atoms with E-state index >= 15 is 0 Å². The van der Waals surface area contributed by atoms with E-state index in [0.717, 1.165) is 5.56 Å². The monoisotopic (exact) mass is 331 g/mol. The lowest BCUT2D eigenvalue weighted by molar-refractivity contribution is -0.118. The van der Waals surface area contributed by atoms with Crippen LogP contribution >= 0.6 is 0 Å². The van der Waals surface area contributed by atoms with Crippen LogP contribution in [0, 0.1) is 6.92 Å². The van der Waals surface area contributed by atoms with Crippen LogP contribution in [0.15, 0.2) is 36.5 Å². The van der Waals surface area contributed by atoms with Crippen molar-refractivity contribution in [3.63, 3.8) is 0 Å². The average molecular weight is 331 g/mol. The summed E-state index contributed by atoms with van der Waals surface area (Å²) in [7, 11) is 3.07. The molecule has 0 aliphatic rings. The van der Waals surface area contributed by atoms with Crippen LogP contribution in [0.3, 0.4) is 0 Å². The summed E-state index contributed by atoms with van der Waals surface area (Å²) in [6.07, 6.45) is 1.49. The molecule has 1 heterocycles. The number of rotatable bonds is 7. The number of pyridine rings is 1. The van der Waals surface area contributed by atoms with Gasteiger partial charge >= 0.3 is 0 Å². The Bertz CT molecular complexity index is 689. The van der Waals surface area contributed by atoms with Crippen LogP contribution < -0.4 is 20.5 Å². The second-order valence-electron chi connectivity index (χ2n) is 5.19. The van der Waals surface area contributed by atoms with Gasteiger partial charge in [0.2, 0.25) is 11.8 Å². The molecule has 24 heavy (non-hydrogen) atoms. The molecular weight excluding hydrogens is 310 g/mol. The highest BCUT2D eigenvalue weighted by Gasteiger charge is 2.13. The number of hydrogen-bond donors (Lipinski definition) is 2. The normalized spacial score (nSPS) is 11.7. The van der Waals surface area contributed by atoms with Crippen molar-refractivity contribution in [2.24, 2.45) is 5.73 Å². The summed E-state index contributed by atoms with van der Waals surface area (Å²) in [6, 6.07) is 8.21. The molecule has 0 saturated carbocycles. The van der Waals surface area contributed by atoms with E-state index in [1.165, 1.54) is 13.3 Å². The summed E-state index contributed by atoms with van der Waals surface area (Å²) >= 11 is 0. The fourth-order valence-corrected chi connectivity index (χ4v) is 1.98. The zero-order valence-electron chi connectivity index (χ0n) is 13.9. The molecule has 1 atom stereocenters. The zero-order chi connectivity index (χ0) is 17.5. The predicted molar refractivity (Wildman–Crippen MR) is 90.5 cm³/mol. The lowest BCUT2D eigenvalue weighted by atomic mass is 10.2. The van der Waals surface area contributed by atoms with Crippen molar-refractivity contribution in [3.8, 4) is 17.4 Å². The van der Waals surface area contributed by atoms with Gasteiger partial charge in [-0.15, -0.1) is 0 Å². The minimum absolute atomic E-state index is 0.147. The predicted octanol–water partition coefficient (Wildman–Crippen LogP) is 2.10. The maximum atomic E-state index is 11.8. The highest BCUT2D eigenvalue weighted by atomic mass is 16.5. The first kappa shape index (κ1) is 17.7. The zero-order valence-corrected chi connectivity index (χ0v) is 13.9. The number of nitrogens with two attached hydrogens (primary N) is 1. The number of amides is 1. The number of ether oxygens (including phenoxy) is 3. The number of carbonyl (C=O) groups excluding carboxylic acids is 1. The van der Waals surface area contributed by atoms with Crippen molar-refractivity contribution in [3.05, 3.63) is 42.1 Å². The third-order valence-electron chi connectivity index (χ3n) is 3.22. The van der Waals surface area contributed by atoms with Gasteiger partial charge in [0, 0.05) is 13.2 Å². The number of anilines is 1. The van der Waals surface area contributed by atoms with Crippen molar-refractivity contribution >= 4 is 11.6 Å². The Balaban J connectivity index is 2.03. The van der Waals surface area contributed by atoms with Crippen LogP contribution in [-0.4, -0.2) is 37.8 Å². The Kier molecular flexibility index (Phi) is 6.11. The van der Waals surface area contributed by atoms with Crippen LogP contribution in [0.5, 0.6) is 17.4 Å². The standard InChI is InChI=1S/C17H21N3O4/c1-11-4-6-14(15(8-11)23-3)24-16-7-5-12(9-19-16)20-17(21)13(18)10-22-2/h4-9,13H,10,18H2,1-3H3,(H,20,21).